The minimum atomic E-state index is 0.535. The van der Waals surface area contributed by atoms with Crippen molar-refractivity contribution in [3.8, 4) is 6.07 Å². The minimum Gasteiger partial charge on any atom is -0.372 e. The van der Waals surface area contributed by atoms with Crippen LogP contribution in [0.5, 0.6) is 0 Å². The first kappa shape index (κ1) is 17.8. The first-order valence-corrected chi connectivity index (χ1v) is 9.44. The third-order valence-corrected chi connectivity index (χ3v) is 4.71. The van der Waals surface area contributed by atoms with E-state index in [9.17, 15) is 0 Å². The van der Waals surface area contributed by atoms with Gasteiger partial charge in [0.15, 0.2) is 0 Å². The van der Waals surface area contributed by atoms with E-state index in [1.54, 1.807) is 12.1 Å². The van der Waals surface area contributed by atoms with Crippen molar-refractivity contribution in [2.24, 2.45) is 0 Å². The molecule has 0 atom stereocenters. The Kier molecular flexibility index (Phi) is 5.07. The summed E-state index contributed by atoms with van der Waals surface area (Å²) in [6, 6.07) is 19.7. The lowest BCUT2D eigenvalue weighted by Gasteiger charge is -2.18. The number of anilines is 5. The van der Waals surface area contributed by atoms with E-state index in [0.29, 0.717) is 17.3 Å². The van der Waals surface area contributed by atoms with Crippen molar-refractivity contribution < 1.29 is 0 Å². The van der Waals surface area contributed by atoms with Crippen LogP contribution >= 0.6 is 0 Å². The van der Waals surface area contributed by atoms with Crippen LogP contribution in [0.15, 0.2) is 54.6 Å². The number of hydrogen-bond acceptors (Lipinski definition) is 6. The van der Waals surface area contributed by atoms with E-state index < -0.39 is 0 Å². The van der Waals surface area contributed by atoms with Crippen molar-refractivity contribution in [2.75, 3.05) is 28.6 Å². The molecule has 0 amide bonds. The van der Waals surface area contributed by atoms with Gasteiger partial charge < -0.3 is 15.5 Å². The predicted octanol–water partition coefficient (Wildman–Crippen LogP) is 4.74. The van der Waals surface area contributed by atoms with Gasteiger partial charge in [0, 0.05) is 41.9 Å². The summed E-state index contributed by atoms with van der Waals surface area (Å²) in [6.07, 6.45) is 2.54. The molecule has 140 valence electrons. The molecule has 0 aliphatic carbocycles. The van der Waals surface area contributed by atoms with Gasteiger partial charge in [-0.05, 0) is 62.2 Å². The first-order valence-electron chi connectivity index (χ1n) is 9.44. The average Bonchev–Trinajstić information content (AvgIpc) is 3.23. The molecule has 1 aromatic heterocycles. The third kappa shape index (κ3) is 4.21. The fourth-order valence-corrected chi connectivity index (χ4v) is 3.36. The lowest BCUT2D eigenvalue weighted by Crippen LogP contribution is -2.17. The fourth-order valence-electron chi connectivity index (χ4n) is 3.36. The molecule has 0 bridgehead atoms. The maximum atomic E-state index is 9.05. The van der Waals surface area contributed by atoms with E-state index in [4.69, 9.17) is 5.26 Å². The third-order valence-electron chi connectivity index (χ3n) is 4.71. The molecule has 28 heavy (non-hydrogen) atoms. The van der Waals surface area contributed by atoms with Gasteiger partial charge in [0.1, 0.15) is 5.82 Å². The van der Waals surface area contributed by atoms with Gasteiger partial charge in [-0.1, -0.05) is 6.07 Å². The Bertz CT molecular complexity index is 1000. The zero-order valence-electron chi connectivity index (χ0n) is 15.8. The Balaban J connectivity index is 1.49. The van der Waals surface area contributed by atoms with E-state index in [-0.39, 0.29) is 0 Å². The Morgan fingerprint density at radius 2 is 1.71 bits per heavy atom. The molecule has 0 spiro atoms. The van der Waals surface area contributed by atoms with Crippen LogP contribution in [0.1, 0.15) is 24.1 Å². The molecular weight excluding hydrogens is 348 g/mol. The summed E-state index contributed by atoms with van der Waals surface area (Å²) in [5.41, 5.74) is 4.48. The van der Waals surface area contributed by atoms with Gasteiger partial charge >= 0.3 is 0 Å². The Hall–Kier alpha value is -3.59. The van der Waals surface area contributed by atoms with Crippen molar-refractivity contribution in [2.45, 2.75) is 19.8 Å². The van der Waals surface area contributed by atoms with Crippen molar-refractivity contribution in [1.82, 2.24) is 9.97 Å². The monoisotopic (exact) mass is 370 g/mol. The number of hydrogen-bond donors (Lipinski definition) is 2. The topological polar surface area (TPSA) is 76.9 Å². The number of aromatic nitrogens is 2. The second-order valence-electron chi connectivity index (χ2n) is 6.90. The summed E-state index contributed by atoms with van der Waals surface area (Å²) in [5, 5.41) is 15.6. The van der Waals surface area contributed by atoms with E-state index >= 15 is 0 Å². The highest BCUT2D eigenvalue weighted by Crippen LogP contribution is 2.24. The molecule has 4 rings (SSSR count). The highest BCUT2D eigenvalue weighted by Gasteiger charge is 2.12. The fraction of sp³-hybridized carbons (Fsp3) is 0.227. The summed E-state index contributed by atoms with van der Waals surface area (Å²) in [4.78, 5) is 11.4. The number of aryl methyl sites for hydroxylation is 1. The Labute approximate surface area is 164 Å². The van der Waals surface area contributed by atoms with Crippen LogP contribution in [0.3, 0.4) is 0 Å². The molecular formula is C22H22N6. The van der Waals surface area contributed by atoms with Crippen LogP contribution in [0.4, 0.5) is 28.8 Å². The van der Waals surface area contributed by atoms with Gasteiger partial charge in [0.2, 0.25) is 5.95 Å². The van der Waals surface area contributed by atoms with Gasteiger partial charge in [0.25, 0.3) is 0 Å². The Morgan fingerprint density at radius 3 is 2.46 bits per heavy atom. The highest BCUT2D eigenvalue weighted by atomic mass is 15.2. The Morgan fingerprint density at radius 1 is 0.929 bits per heavy atom. The van der Waals surface area contributed by atoms with Crippen LogP contribution in [0, 0.1) is 18.3 Å². The molecule has 0 saturated carbocycles. The molecule has 6 heteroatoms. The number of nitrogens with one attached hydrogen (secondary N) is 2. The normalized spacial score (nSPS) is 13.2. The van der Waals surface area contributed by atoms with Gasteiger partial charge in [0.05, 0.1) is 11.6 Å². The maximum Gasteiger partial charge on any atom is 0.229 e. The van der Waals surface area contributed by atoms with Gasteiger partial charge in [-0.15, -0.1) is 0 Å². The van der Waals surface area contributed by atoms with E-state index in [1.165, 1.54) is 18.5 Å². The molecule has 0 unspecified atom stereocenters. The second kappa shape index (κ2) is 7.97. The van der Waals surface area contributed by atoms with Gasteiger partial charge in [-0.2, -0.15) is 10.2 Å². The van der Waals surface area contributed by atoms with Crippen LogP contribution in [0.25, 0.3) is 0 Å². The van der Waals surface area contributed by atoms with Gasteiger partial charge in [-0.25, -0.2) is 4.98 Å². The van der Waals surface area contributed by atoms with E-state index in [0.717, 1.165) is 30.2 Å². The number of benzene rings is 2. The molecule has 3 aromatic rings. The lowest BCUT2D eigenvalue weighted by atomic mass is 10.2. The largest absolute Gasteiger partial charge is 0.372 e. The number of nitrogens with zero attached hydrogens (tertiary/aromatic N) is 4. The highest BCUT2D eigenvalue weighted by molar-refractivity contribution is 5.63. The molecule has 1 fully saturated rings. The van der Waals surface area contributed by atoms with Crippen molar-refractivity contribution >= 4 is 28.8 Å². The second-order valence-corrected chi connectivity index (χ2v) is 6.90. The molecule has 1 aliphatic rings. The zero-order chi connectivity index (χ0) is 19.3. The SMILES string of the molecule is Cc1cc(Nc2cccc(C#N)c2)nc(Nc2ccc(N3CCCC3)cc2)n1. The summed E-state index contributed by atoms with van der Waals surface area (Å²) in [5.74, 6) is 1.21. The molecule has 6 nitrogen and oxygen atoms in total. The van der Waals surface area contributed by atoms with Crippen LogP contribution < -0.4 is 15.5 Å². The van der Waals surface area contributed by atoms with Gasteiger partial charge in [-0.3, -0.25) is 0 Å². The molecule has 2 heterocycles. The number of rotatable bonds is 5. The number of nitriles is 1. The minimum absolute atomic E-state index is 0.535. The molecule has 1 aliphatic heterocycles. The van der Waals surface area contributed by atoms with Crippen LogP contribution in [0.2, 0.25) is 0 Å². The standard InChI is InChI=1S/C22H22N6/c1-16-13-21(25-19-6-4-5-17(14-19)15-23)27-22(24-16)26-18-7-9-20(10-8-18)28-11-2-3-12-28/h4-10,13-14H,2-3,11-12H2,1H3,(H2,24,25,26,27). The average molecular weight is 370 g/mol. The van der Waals surface area contributed by atoms with Crippen LogP contribution in [-0.4, -0.2) is 23.1 Å². The maximum absolute atomic E-state index is 9.05. The molecule has 0 radical (unpaired) electrons. The van der Waals surface area contributed by atoms with E-state index in [2.05, 4.69) is 55.8 Å². The van der Waals surface area contributed by atoms with Crippen molar-refractivity contribution in [1.29, 1.82) is 5.26 Å². The molecule has 2 N–H and O–H groups in total. The van der Waals surface area contributed by atoms with Crippen LogP contribution in [-0.2, 0) is 0 Å². The van der Waals surface area contributed by atoms with E-state index in [1.807, 2.05) is 25.1 Å². The smallest absolute Gasteiger partial charge is 0.229 e. The quantitative estimate of drug-likeness (QED) is 0.675. The summed E-state index contributed by atoms with van der Waals surface area (Å²) in [7, 11) is 0. The molecule has 2 aromatic carbocycles. The zero-order valence-corrected chi connectivity index (χ0v) is 15.8. The van der Waals surface area contributed by atoms with Crippen molar-refractivity contribution in [3.05, 3.63) is 65.9 Å². The molecule has 1 saturated heterocycles. The first-order chi connectivity index (χ1) is 13.7. The summed E-state index contributed by atoms with van der Waals surface area (Å²) in [6.45, 7) is 4.20. The lowest BCUT2D eigenvalue weighted by molar-refractivity contribution is 0.949. The predicted molar refractivity (Wildman–Crippen MR) is 112 cm³/mol. The van der Waals surface area contributed by atoms with Crippen molar-refractivity contribution in [3.63, 3.8) is 0 Å². The summed E-state index contributed by atoms with van der Waals surface area (Å²) < 4.78 is 0. The summed E-state index contributed by atoms with van der Waals surface area (Å²) >= 11 is 0.